The van der Waals surface area contributed by atoms with E-state index < -0.39 is 26.7 Å². The van der Waals surface area contributed by atoms with Crippen molar-refractivity contribution in [2.45, 2.75) is 25.2 Å². The summed E-state index contributed by atoms with van der Waals surface area (Å²) >= 11 is 6.24. The van der Waals surface area contributed by atoms with Crippen LogP contribution in [0, 0.1) is 0 Å². The second kappa shape index (κ2) is 11.2. The molecule has 0 aromatic heterocycles. The maximum absolute atomic E-state index is 13.1. The van der Waals surface area contributed by atoms with Gasteiger partial charge in [-0.15, -0.1) is 10.2 Å². The van der Waals surface area contributed by atoms with Gasteiger partial charge in [0.05, 0.1) is 12.2 Å². The number of aryl methyl sites for hydroxylation is 1. The van der Waals surface area contributed by atoms with Gasteiger partial charge in [-0.2, -0.15) is 8.42 Å². The first-order chi connectivity index (χ1) is 18.1. The number of ether oxygens (including phenoxy) is 1. The van der Waals surface area contributed by atoms with E-state index in [2.05, 4.69) is 15.5 Å². The van der Waals surface area contributed by atoms with Crippen molar-refractivity contribution < 1.29 is 27.6 Å². The topological polar surface area (TPSA) is 138 Å². The molecule has 0 aliphatic heterocycles. The Hall–Kier alpha value is -3.99. The molecule has 0 bridgehead atoms. The van der Waals surface area contributed by atoms with E-state index >= 15 is 0 Å². The molecule has 9 nitrogen and oxygen atoms in total. The van der Waals surface area contributed by atoms with Crippen molar-refractivity contribution >= 4 is 55.5 Å². The van der Waals surface area contributed by atoms with Crippen molar-refractivity contribution in [2.24, 2.45) is 10.2 Å². The van der Waals surface area contributed by atoms with Gasteiger partial charge in [0, 0.05) is 16.1 Å². The van der Waals surface area contributed by atoms with Gasteiger partial charge in [-0.3, -0.25) is 9.35 Å². The summed E-state index contributed by atoms with van der Waals surface area (Å²) in [5, 5.41) is 23.2. The molecule has 0 saturated carbocycles. The number of aromatic hydroxyl groups is 1. The molecule has 0 saturated heterocycles. The van der Waals surface area contributed by atoms with Crippen molar-refractivity contribution in [3.8, 4) is 11.5 Å². The van der Waals surface area contributed by atoms with Gasteiger partial charge < -0.3 is 15.2 Å². The molecule has 3 N–H and O–H groups in total. The van der Waals surface area contributed by atoms with Gasteiger partial charge in [0.25, 0.3) is 16.0 Å². The van der Waals surface area contributed by atoms with E-state index in [-0.39, 0.29) is 22.0 Å². The molecule has 0 atom stereocenters. The first-order valence-corrected chi connectivity index (χ1v) is 13.4. The van der Waals surface area contributed by atoms with E-state index in [1.165, 1.54) is 18.2 Å². The van der Waals surface area contributed by atoms with E-state index in [0.29, 0.717) is 40.8 Å². The van der Waals surface area contributed by atoms with Gasteiger partial charge in [-0.1, -0.05) is 42.8 Å². The third-order valence-electron chi connectivity index (χ3n) is 5.71. The molecule has 4 aromatic carbocycles. The summed E-state index contributed by atoms with van der Waals surface area (Å²) in [6.07, 6.45) is 0.426. The van der Waals surface area contributed by atoms with E-state index in [1.807, 2.05) is 6.92 Å². The van der Waals surface area contributed by atoms with E-state index in [1.54, 1.807) is 55.5 Å². The van der Waals surface area contributed by atoms with E-state index in [4.69, 9.17) is 16.3 Å². The normalized spacial score (nSPS) is 11.7. The number of carbonyl (C=O) groups is 1. The van der Waals surface area contributed by atoms with Gasteiger partial charge in [-0.25, -0.2) is 0 Å². The molecular formula is C27H24ClN3O6S. The lowest BCUT2D eigenvalue weighted by atomic mass is 10.0. The summed E-state index contributed by atoms with van der Waals surface area (Å²) in [5.74, 6) is -0.401. The zero-order chi connectivity index (χ0) is 27.4. The molecule has 196 valence electrons. The zero-order valence-electron chi connectivity index (χ0n) is 20.5. The number of nitrogens with zero attached hydrogens (tertiary/aromatic N) is 2. The Kier molecular flexibility index (Phi) is 7.96. The van der Waals surface area contributed by atoms with Crippen molar-refractivity contribution in [1.82, 2.24) is 0 Å². The third-order valence-corrected chi connectivity index (χ3v) is 6.94. The molecule has 11 heteroatoms. The number of azo groups is 1. The lowest BCUT2D eigenvalue weighted by molar-refractivity contribution is 0.102. The molecule has 0 radical (unpaired) electrons. The van der Waals surface area contributed by atoms with Gasteiger partial charge in [0.1, 0.15) is 22.0 Å². The number of hydrogen-bond acceptors (Lipinski definition) is 7. The number of benzene rings is 4. The summed E-state index contributed by atoms with van der Waals surface area (Å²) in [6.45, 7) is 4.16. The number of carbonyl (C=O) groups excluding carboxylic acids is 1. The van der Waals surface area contributed by atoms with Crippen LogP contribution < -0.4 is 10.1 Å². The minimum atomic E-state index is -4.65. The van der Waals surface area contributed by atoms with Crippen LogP contribution in [0.2, 0.25) is 5.02 Å². The van der Waals surface area contributed by atoms with Gasteiger partial charge >= 0.3 is 0 Å². The summed E-state index contributed by atoms with van der Waals surface area (Å²) in [5.41, 5.74) is 0.636. The number of phenols is 1. The summed E-state index contributed by atoms with van der Waals surface area (Å²) in [4.78, 5) is 12.6. The lowest BCUT2D eigenvalue weighted by Crippen LogP contribution is -2.12. The molecule has 4 rings (SSSR count). The number of phenolic OH excluding ortho intramolecular Hbond substituents is 1. The Labute approximate surface area is 224 Å². The van der Waals surface area contributed by atoms with Crippen LogP contribution in [0.5, 0.6) is 11.5 Å². The fraction of sp³-hybridized carbons (Fsp3) is 0.148. The van der Waals surface area contributed by atoms with Crippen molar-refractivity contribution in [2.75, 3.05) is 11.9 Å². The highest BCUT2D eigenvalue weighted by Gasteiger charge is 2.21. The smallest absolute Gasteiger partial charge is 0.296 e. The second-order valence-electron chi connectivity index (χ2n) is 8.19. The van der Waals surface area contributed by atoms with Crippen LogP contribution in [0.4, 0.5) is 17.1 Å². The summed E-state index contributed by atoms with van der Waals surface area (Å²) in [6, 6.07) is 17.7. The first-order valence-electron chi connectivity index (χ1n) is 11.6. The number of fused-ring (bicyclic) bond motifs is 1. The molecule has 0 aliphatic rings. The SMILES string of the molecule is CCOc1ccc(NC(=O)c2cc3ccccc3c(N=Nc3cc(Cl)c(CC)cc3S(=O)(=O)O)c2O)cc1. The van der Waals surface area contributed by atoms with Crippen LogP contribution in [0.15, 0.2) is 81.9 Å². The summed E-state index contributed by atoms with van der Waals surface area (Å²) in [7, 11) is -4.65. The van der Waals surface area contributed by atoms with Crippen LogP contribution in [0.3, 0.4) is 0 Å². The predicted octanol–water partition coefficient (Wildman–Crippen LogP) is 7.07. The number of halogens is 1. The number of rotatable bonds is 8. The minimum Gasteiger partial charge on any atom is -0.505 e. The Morgan fingerprint density at radius 2 is 1.74 bits per heavy atom. The maximum atomic E-state index is 13.1. The largest absolute Gasteiger partial charge is 0.505 e. The Morgan fingerprint density at radius 3 is 2.39 bits per heavy atom. The molecule has 0 fully saturated rings. The first kappa shape index (κ1) is 27.1. The Morgan fingerprint density at radius 1 is 1.03 bits per heavy atom. The molecular weight excluding hydrogens is 530 g/mol. The minimum absolute atomic E-state index is 0.0584. The number of nitrogens with one attached hydrogen (secondary N) is 1. The molecule has 1 amide bonds. The van der Waals surface area contributed by atoms with Crippen molar-refractivity contribution in [1.29, 1.82) is 0 Å². The average molecular weight is 554 g/mol. The van der Waals surface area contributed by atoms with Gasteiger partial charge in [0.15, 0.2) is 5.75 Å². The van der Waals surface area contributed by atoms with E-state index in [0.717, 1.165) is 0 Å². The average Bonchev–Trinajstić information content (AvgIpc) is 2.88. The Balaban J connectivity index is 1.78. The fourth-order valence-corrected chi connectivity index (χ4v) is 4.78. The van der Waals surface area contributed by atoms with Crippen LogP contribution in [0.1, 0.15) is 29.8 Å². The van der Waals surface area contributed by atoms with Gasteiger partial charge in [-0.05, 0) is 66.8 Å². The molecule has 0 unspecified atom stereocenters. The van der Waals surface area contributed by atoms with E-state index in [9.17, 15) is 22.9 Å². The molecule has 0 spiro atoms. The second-order valence-corrected chi connectivity index (χ2v) is 9.99. The molecule has 38 heavy (non-hydrogen) atoms. The highest BCUT2D eigenvalue weighted by molar-refractivity contribution is 7.86. The van der Waals surface area contributed by atoms with Crippen LogP contribution in [-0.4, -0.2) is 30.6 Å². The highest BCUT2D eigenvalue weighted by Crippen LogP contribution is 2.41. The maximum Gasteiger partial charge on any atom is 0.296 e. The van der Waals surface area contributed by atoms with Crippen molar-refractivity contribution in [3.05, 3.63) is 82.9 Å². The molecule has 4 aromatic rings. The zero-order valence-corrected chi connectivity index (χ0v) is 22.0. The predicted molar refractivity (Wildman–Crippen MR) is 146 cm³/mol. The quantitative estimate of drug-likeness (QED) is 0.157. The number of amides is 1. The van der Waals surface area contributed by atoms with Crippen LogP contribution >= 0.6 is 11.6 Å². The highest BCUT2D eigenvalue weighted by atomic mass is 35.5. The standard InChI is InChI=1S/C27H24ClN3O6S/c1-3-16-14-24(38(34,35)36)23(15-22(16)28)30-31-25-20-8-6-5-7-17(20)13-21(26(25)32)27(33)29-18-9-11-19(12-10-18)37-4-2/h5-15,32H,3-4H2,1-2H3,(H,29,33)(H,34,35,36). The Bertz CT molecular complexity index is 1650. The fourth-order valence-electron chi connectivity index (χ4n) is 3.84. The van der Waals surface area contributed by atoms with Crippen LogP contribution in [0.25, 0.3) is 10.8 Å². The number of hydrogen-bond donors (Lipinski definition) is 3. The third kappa shape index (κ3) is 5.77. The molecule has 0 heterocycles. The molecule has 0 aliphatic carbocycles. The van der Waals surface area contributed by atoms with Crippen molar-refractivity contribution in [3.63, 3.8) is 0 Å². The lowest BCUT2D eigenvalue weighted by Gasteiger charge is -2.12. The summed E-state index contributed by atoms with van der Waals surface area (Å²) < 4.78 is 39.1. The van der Waals surface area contributed by atoms with Gasteiger partial charge in [0.2, 0.25) is 0 Å². The monoisotopic (exact) mass is 553 g/mol. The van der Waals surface area contributed by atoms with Crippen LogP contribution in [-0.2, 0) is 16.5 Å². The number of anilines is 1.